The van der Waals surface area contributed by atoms with Crippen LogP contribution in [-0.4, -0.2) is 72.8 Å². The van der Waals surface area contributed by atoms with E-state index < -0.39 is 0 Å². The van der Waals surface area contributed by atoms with Crippen LogP contribution in [0.15, 0.2) is 24.5 Å². The molecule has 0 unspecified atom stereocenters. The Labute approximate surface area is 150 Å². The lowest BCUT2D eigenvalue weighted by molar-refractivity contribution is -0.160. The van der Waals surface area contributed by atoms with Gasteiger partial charge in [-0.15, -0.1) is 0 Å². The second kappa shape index (κ2) is 8.25. The first kappa shape index (κ1) is 18.3. The predicted octanol–water partition coefficient (Wildman–Crippen LogP) is 1.70. The Morgan fingerprint density at radius 3 is 3.12 bits per heavy atom. The fraction of sp³-hybridized carbons (Fsp3) is 0.684. The van der Waals surface area contributed by atoms with Crippen LogP contribution in [0.3, 0.4) is 0 Å². The standard InChI is InChI=1S/C19H29N3O3/c1-21(14-16-5-3-9-20-13-16)10-7-18(23)22-11-6-17(24-2)19(15-22)8-4-12-25-19/h3,5,9,13,17H,4,6-8,10-12,14-15H2,1-2H3/t17-,19-/m0/s1. The number of ether oxygens (including phenoxy) is 2. The number of aromatic nitrogens is 1. The number of likely N-dealkylation sites (tertiary alicyclic amines) is 1. The van der Waals surface area contributed by atoms with Crippen molar-refractivity contribution >= 4 is 5.91 Å². The molecule has 1 amide bonds. The van der Waals surface area contributed by atoms with Gasteiger partial charge in [-0.05, 0) is 37.9 Å². The Kier molecular flexibility index (Phi) is 6.04. The molecule has 0 saturated carbocycles. The number of amides is 1. The highest BCUT2D eigenvalue weighted by Crippen LogP contribution is 2.36. The van der Waals surface area contributed by atoms with Gasteiger partial charge in [0.1, 0.15) is 5.60 Å². The minimum absolute atomic E-state index is 0.104. The normalized spacial score (nSPS) is 26.5. The van der Waals surface area contributed by atoms with E-state index in [0.717, 1.165) is 51.1 Å². The van der Waals surface area contributed by atoms with E-state index in [0.29, 0.717) is 13.0 Å². The number of methoxy groups -OCH3 is 1. The van der Waals surface area contributed by atoms with E-state index in [1.54, 1.807) is 13.3 Å². The van der Waals surface area contributed by atoms with Gasteiger partial charge in [0.25, 0.3) is 0 Å². The van der Waals surface area contributed by atoms with Crippen LogP contribution < -0.4 is 0 Å². The molecule has 3 rings (SSSR count). The average molecular weight is 347 g/mol. The molecule has 2 aliphatic heterocycles. The molecule has 138 valence electrons. The molecule has 25 heavy (non-hydrogen) atoms. The highest BCUT2D eigenvalue weighted by atomic mass is 16.6. The van der Waals surface area contributed by atoms with Gasteiger partial charge >= 0.3 is 0 Å². The summed E-state index contributed by atoms with van der Waals surface area (Å²) >= 11 is 0. The lowest BCUT2D eigenvalue weighted by Gasteiger charge is -2.44. The molecule has 0 aliphatic carbocycles. The van der Waals surface area contributed by atoms with E-state index in [2.05, 4.69) is 16.0 Å². The van der Waals surface area contributed by atoms with Gasteiger partial charge in [0.15, 0.2) is 0 Å². The molecule has 0 N–H and O–H groups in total. The number of rotatable bonds is 6. The van der Waals surface area contributed by atoms with Crippen LogP contribution in [0, 0.1) is 0 Å². The molecular weight excluding hydrogens is 318 g/mol. The van der Waals surface area contributed by atoms with Crippen molar-refractivity contribution in [1.29, 1.82) is 0 Å². The number of piperidine rings is 1. The predicted molar refractivity (Wildman–Crippen MR) is 95.1 cm³/mol. The molecule has 1 aromatic rings. The van der Waals surface area contributed by atoms with Crippen LogP contribution in [-0.2, 0) is 20.8 Å². The summed E-state index contributed by atoms with van der Waals surface area (Å²) < 4.78 is 11.7. The van der Waals surface area contributed by atoms with Gasteiger partial charge in [-0.25, -0.2) is 0 Å². The van der Waals surface area contributed by atoms with Crippen molar-refractivity contribution in [3.63, 3.8) is 0 Å². The van der Waals surface area contributed by atoms with E-state index in [1.807, 2.05) is 24.2 Å². The zero-order valence-corrected chi connectivity index (χ0v) is 15.3. The van der Waals surface area contributed by atoms with Gasteiger partial charge in [0.05, 0.1) is 12.6 Å². The van der Waals surface area contributed by atoms with Crippen LogP contribution in [0.5, 0.6) is 0 Å². The van der Waals surface area contributed by atoms with Crippen LogP contribution >= 0.6 is 0 Å². The smallest absolute Gasteiger partial charge is 0.223 e. The Morgan fingerprint density at radius 1 is 1.56 bits per heavy atom. The summed E-state index contributed by atoms with van der Waals surface area (Å²) in [6, 6.07) is 4.00. The van der Waals surface area contributed by atoms with Crippen LogP contribution in [0.25, 0.3) is 0 Å². The Hall–Kier alpha value is -1.50. The first-order valence-electron chi connectivity index (χ1n) is 9.15. The molecular formula is C19H29N3O3. The molecule has 3 heterocycles. The van der Waals surface area contributed by atoms with Gasteiger partial charge in [0, 0.05) is 52.2 Å². The highest BCUT2D eigenvalue weighted by Gasteiger charge is 2.48. The molecule has 2 fully saturated rings. The summed E-state index contributed by atoms with van der Waals surface area (Å²) in [6.07, 6.45) is 7.17. The second-order valence-electron chi connectivity index (χ2n) is 7.19. The maximum atomic E-state index is 12.7. The van der Waals surface area contributed by atoms with E-state index in [4.69, 9.17) is 9.47 Å². The SMILES string of the molecule is CO[C@H]1CCN(C(=O)CCN(C)Cc2cccnc2)C[C@@]12CCCO2. The van der Waals surface area contributed by atoms with Crippen molar-refractivity contribution in [2.45, 2.75) is 43.9 Å². The maximum Gasteiger partial charge on any atom is 0.223 e. The monoisotopic (exact) mass is 347 g/mol. The van der Waals surface area contributed by atoms with Crippen molar-refractivity contribution in [2.24, 2.45) is 0 Å². The van der Waals surface area contributed by atoms with E-state index in [9.17, 15) is 4.79 Å². The van der Waals surface area contributed by atoms with Gasteiger partial charge in [-0.3, -0.25) is 9.78 Å². The largest absolute Gasteiger partial charge is 0.378 e. The van der Waals surface area contributed by atoms with Crippen LogP contribution in [0.2, 0.25) is 0 Å². The zero-order chi connectivity index (χ0) is 17.7. The first-order chi connectivity index (χ1) is 12.1. The number of pyridine rings is 1. The zero-order valence-electron chi connectivity index (χ0n) is 15.3. The summed E-state index contributed by atoms with van der Waals surface area (Å²) in [5.74, 6) is 0.211. The van der Waals surface area contributed by atoms with E-state index in [-0.39, 0.29) is 17.6 Å². The number of hydrogen-bond donors (Lipinski definition) is 0. The van der Waals surface area contributed by atoms with E-state index in [1.165, 1.54) is 0 Å². The summed E-state index contributed by atoms with van der Waals surface area (Å²) in [4.78, 5) is 21.0. The van der Waals surface area contributed by atoms with Crippen molar-refractivity contribution in [2.75, 3.05) is 40.4 Å². The molecule has 1 spiro atoms. The molecule has 2 atom stereocenters. The second-order valence-corrected chi connectivity index (χ2v) is 7.19. The van der Waals surface area contributed by atoms with Crippen molar-refractivity contribution in [3.05, 3.63) is 30.1 Å². The summed E-state index contributed by atoms with van der Waals surface area (Å²) in [5, 5.41) is 0. The molecule has 0 radical (unpaired) electrons. The number of carbonyl (C=O) groups excluding carboxylic acids is 1. The quantitative estimate of drug-likeness (QED) is 0.784. The number of carbonyl (C=O) groups is 1. The third-order valence-electron chi connectivity index (χ3n) is 5.36. The number of nitrogens with zero attached hydrogens (tertiary/aromatic N) is 3. The third kappa shape index (κ3) is 4.37. The fourth-order valence-corrected chi connectivity index (χ4v) is 4.01. The van der Waals surface area contributed by atoms with Gasteiger partial charge in [0.2, 0.25) is 5.91 Å². The van der Waals surface area contributed by atoms with Crippen molar-refractivity contribution in [3.8, 4) is 0 Å². The van der Waals surface area contributed by atoms with Gasteiger partial charge in [-0.2, -0.15) is 0 Å². The molecule has 6 heteroatoms. The summed E-state index contributed by atoms with van der Waals surface area (Å²) in [7, 11) is 3.79. The molecule has 0 bridgehead atoms. The van der Waals surface area contributed by atoms with Crippen molar-refractivity contribution < 1.29 is 14.3 Å². The minimum Gasteiger partial charge on any atom is -0.378 e. The lowest BCUT2D eigenvalue weighted by Crippen LogP contribution is -2.58. The topological polar surface area (TPSA) is 54.9 Å². The molecule has 0 aromatic carbocycles. The van der Waals surface area contributed by atoms with Gasteiger partial charge < -0.3 is 19.3 Å². The average Bonchev–Trinajstić information content (AvgIpc) is 3.09. The fourth-order valence-electron chi connectivity index (χ4n) is 4.01. The number of hydrogen-bond acceptors (Lipinski definition) is 5. The Bertz CT molecular complexity index is 560. The van der Waals surface area contributed by atoms with Crippen LogP contribution in [0.4, 0.5) is 0 Å². The first-order valence-corrected chi connectivity index (χ1v) is 9.15. The lowest BCUT2D eigenvalue weighted by atomic mass is 9.86. The molecule has 2 aliphatic rings. The Balaban J connectivity index is 1.49. The van der Waals surface area contributed by atoms with Crippen LogP contribution in [0.1, 0.15) is 31.2 Å². The maximum absolute atomic E-state index is 12.7. The minimum atomic E-state index is -0.287. The molecule has 2 saturated heterocycles. The third-order valence-corrected chi connectivity index (χ3v) is 5.36. The van der Waals surface area contributed by atoms with Crippen molar-refractivity contribution in [1.82, 2.24) is 14.8 Å². The summed E-state index contributed by atoms with van der Waals surface area (Å²) in [6.45, 7) is 3.74. The van der Waals surface area contributed by atoms with Gasteiger partial charge in [-0.1, -0.05) is 6.07 Å². The van der Waals surface area contributed by atoms with E-state index >= 15 is 0 Å². The summed E-state index contributed by atoms with van der Waals surface area (Å²) in [5.41, 5.74) is 0.876. The molecule has 6 nitrogen and oxygen atoms in total. The highest BCUT2D eigenvalue weighted by molar-refractivity contribution is 5.76. The molecule has 1 aromatic heterocycles. The Morgan fingerprint density at radius 2 is 2.44 bits per heavy atom.